The normalized spacial score (nSPS) is 10.2. The zero-order valence-electron chi connectivity index (χ0n) is 7.71. The fourth-order valence-corrected chi connectivity index (χ4v) is 0.668. The molecule has 0 saturated heterocycles. The minimum Gasteiger partial charge on any atom is -0.502 e. The molecule has 0 radical (unpaired) electrons. The van der Waals surface area contributed by atoms with Gasteiger partial charge in [-0.15, -0.1) is 0 Å². The third-order valence-electron chi connectivity index (χ3n) is 1.19. The summed E-state index contributed by atoms with van der Waals surface area (Å²) in [4.78, 5) is 10.3. The second kappa shape index (κ2) is 8.11. The van der Waals surface area contributed by atoms with E-state index in [1.165, 1.54) is 6.92 Å². The first-order valence-electron chi connectivity index (χ1n) is 4.13. The summed E-state index contributed by atoms with van der Waals surface area (Å²) >= 11 is 0. The number of ether oxygens (including phenoxy) is 2. The Kier molecular flexibility index (Phi) is 7.44. The maximum absolute atomic E-state index is 10.3. The summed E-state index contributed by atoms with van der Waals surface area (Å²) < 4.78 is 9.80. The highest BCUT2D eigenvalue weighted by atomic mass is 16.5. The average Bonchev–Trinajstić information content (AvgIpc) is 2.02. The lowest BCUT2D eigenvalue weighted by Gasteiger charge is -2.01. The summed E-state index contributed by atoms with van der Waals surface area (Å²) in [7, 11) is 0. The van der Waals surface area contributed by atoms with Gasteiger partial charge in [-0.05, 0) is 19.8 Å². The van der Waals surface area contributed by atoms with Gasteiger partial charge in [0.15, 0.2) is 0 Å². The van der Waals surface area contributed by atoms with Crippen LogP contribution >= 0.6 is 0 Å². The van der Waals surface area contributed by atoms with Crippen LogP contribution in [-0.2, 0) is 14.3 Å². The quantitative estimate of drug-likeness (QED) is 0.348. The van der Waals surface area contributed by atoms with Gasteiger partial charge in [0.1, 0.15) is 0 Å². The number of allylic oxidation sites excluding steroid dienone is 1. The van der Waals surface area contributed by atoms with Gasteiger partial charge in [-0.3, -0.25) is 4.79 Å². The van der Waals surface area contributed by atoms with Crippen molar-refractivity contribution in [2.45, 2.75) is 26.7 Å². The molecule has 3 heteroatoms. The van der Waals surface area contributed by atoms with Gasteiger partial charge in [0.2, 0.25) is 0 Å². The van der Waals surface area contributed by atoms with Gasteiger partial charge in [0.05, 0.1) is 19.5 Å². The van der Waals surface area contributed by atoms with Crippen molar-refractivity contribution in [3.63, 3.8) is 0 Å². The van der Waals surface area contributed by atoms with E-state index in [9.17, 15) is 4.79 Å². The van der Waals surface area contributed by atoms with Crippen LogP contribution in [0.25, 0.3) is 0 Å². The van der Waals surface area contributed by atoms with E-state index in [2.05, 4.69) is 0 Å². The van der Waals surface area contributed by atoms with Gasteiger partial charge < -0.3 is 9.47 Å². The van der Waals surface area contributed by atoms with E-state index < -0.39 is 0 Å². The second-order valence-corrected chi connectivity index (χ2v) is 2.39. The van der Waals surface area contributed by atoms with Crippen LogP contribution in [-0.4, -0.2) is 19.2 Å². The van der Waals surface area contributed by atoms with E-state index in [4.69, 9.17) is 9.47 Å². The highest BCUT2D eigenvalue weighted by molar-refractivity contribution is 5.65. The fraction of sp³-hybridized carbons (Fsp3) is 0.667. The summed E-state index contributed by atoms with van der Waals surface area (Å²) in [5.74, 6) is -0.218. The zero-order chi connectivity index (χ0) is 9.23. The molecule has 12 heavy (non-hydrogen) atoms. The van der Waals surface area contributed by atoms with Crippen molar-refractivity contribution >= 4 is 5.97 Å². The molecule has 0 aromatic carbocycles. The minimum atomic E-state index is -0.218. The van der Waals surface area contributed by atoms with Gasteiger partial charge in [-0.1, -0.05) is 6.08 Å². The summed E-state index contributed by atoms with van der Waals surface area (Å²) in [6.45, 7) is 4.50. The van der Waals surface area contributed by atoms with Crippen molar-refractivity contribution < 1.29 is 14.3 Å². The Balaban J connectivity index is 2.96. The van der Waals surface area contributed by atoms with Gasteiger partial charge in [0.25, 0.3) is 0 Å². The molecule has 0 atom stereocenters. The molecule has 0 spiro atoms. The molecule has 0 amide bonds. The van der Waals surface area contributed by atoms with E-state index in [0.29, 0.717) is 13.2 Å². The van der Waals surface area contributed by atoms with Crippen molar-refractivity contribution in [2.75, 3.05) is 13.2 Å². The Labute approximate surface area is 73.4 Å². The molecule has 0 saturated carbocycles. The Morgan fingerprint density at radius 1 is 1.33 bits per heavy atom. The van der Waals surface area contributed by atoms with Crippen LogP contribution in [0, 0.1) is 0 Å². The molecule has 0 aliphatic heterocycles. The van der Waals surface area contributed by atoms with Crippen LogP contribution in [0.5, 0.6) is 0 Å². The number of unbranched alkanes of at least 4 members (excludes halogenated alkanes) is 1. The van der Waals surface area contributed by atoms with Crippen molar-refractivity contribution in [1.82, 2.24) is 0 Å². The van der Waals surface area contributed by atoms with Gasteiger partial charge in [0, 0.05) is 6.92 Å². The Bertz CT molecular complexity index is 141. The minimum absolute atomic E-state index is 0.218. The molecule has 0 aromatic heterocycles. The molecule has 0 N–H and O–H groups in total. The van der Waals surface area contributed by atoms with Crippen molar-refractivity contribution in [2.24, 2.45) is 0 Å². The van der Waals surface area contributed by atoms with Crippen LogP contribution < -0.4 is 0 Å². The lowest BCUT2D eigenvalue weighted by atomic mass is 10.3. The van der Waals surface area contributed by atoms with E-state index >= 15 is 0 Å². The smallest absolute Gasteiger partial charge is 0.302 e. The molecule has 0 aliphatic rings. The first kappa shape index (κ1) is 11.0. The lowest BCUT2D eigenvalue weighted by molar-refractivity contribution is -0.141. The maximum Gasteiger partial charge on any atom is 0.302 e. The van der Waals surface area contributed by atoms with Crippen molar-refractivity contribution in [3.8, 4) is 0 Å². The van der Waals surface area contributed by atoms with Gasteiger partial charge in [-0.25, -0.2) is 0 Å². The summed E-state index contributed by atoms with van der Waals surface area (Å²) in [5.41, 5.74) is 0. The molecule has 0 aliphatic carbocycles. The molecule has 0 aromatic rings. The van der Waals surface area contributed by atoms with E-state index in [0.717, 1.165) is 12.8 Å². The highest BCUT2D eigenvalue weighted by Gasteiger charge is 1.91. The van der Waals surface area contributed by atoms with Crippen LogP contribution in [0.15, 0.2) is 12.3 Å². The van der Waals surface area contributed by atoms with E-state index in [1.807, 2.05) is 13.0 Å². The second-order valence-electron chi connectivity index (χ2n) is 2.39. The molecule has 0 bridgehead atoms. The Morgan fingerprint density at radius 3 is 2.58 bits per heavy atom. The number of carbonyl (C=O) groups is 1. The first-order chi connectivity index (χ1) is 5.77. The summed E-state index contributed by atoms with van der Waals surface area (Å²) in [6, 6.07) is 0. The molecule has 0 fully saturated rings. The highest BCUT2D eigenvalue weighted by Crippen LogP contribution is 1.92. The van der Waals surface area contributed by atoms with E-state index in [-0.39, 0.29) is 5.97 Å². The number of esters is 1. The third-order valence-corrected chi connectivity index (χ3v) is 1.19. The Morgan fingerprint density at radius 2 is 2.00 bits per heavy atom. The number of rotatable bonds is 6. The first-order valence-corrected chi connectivity index (χ1v) is 4.13. The molecule has 0 unspecified atom stereocenters. The largest absolute Gasteiger partial charge is 0.502 e. The van der Waals surface area contributed by atoms with Gasteiger partial charge >= 0.3 is 5.97 Å². The Hall–Kier alpha value is -0.990. The van der Waals surface area contributed by atoms with Crippen molar-refractivity contribution in [1.29, 1.82) is 0 Å². The number of hydrogen-bond donors (Lipinski definition) is 0. The maximum atomic E-state index is 10.3. The zero-order valence-corrected chi connectivity index (χ0v) is 7.71. The third kappa shape index (κ3) is 9.01. The molecule has 0 heterocycles. The summed E-state index contributed by atoms with van der Waals surface area (Å²) in [5, 5.41) is 0. The van der Waals surface area contributed by atoms with Crippen LogP contribution in [0.4, 0.5) is 0 Å². The molecule has 70 valence electrons. The standard InChI is InChI=1S/C9H16O3/c1-3-6-11-7-4-5-8-12-9(2)10/h3,6H,4-5,7-8H2,1-2H3. The van der Waals surface area contributed by atoms with Crippen molar-refractivity contribution in [3.05, 3.63) is 12.3 Å². The van der Waals surface area contributed by atoms with Crippen LogP contribution in [0.3, 0.4) is 0 Å². The topological polar surface area (TPSA) is 35.5 Å². The number of carbonyl (C=O) groups excluding carboxylic acids is 1. The molecule has 0 rings (SSSR count). The monoisotopic (exact) mass is 172 g/mol. The van der Waals surface area contributed by atoms with E-state index in [1.54, 1.807) is 6.26 Å². The van der Waals surface area contributed by atoms with Crippen LogP contribution in [0.1, 0.15) is 26.7 Å². The SMILES string of the molecule is CC=COCCCCOC(C)=O. The van der Waals surface area contributed by atoms with Crippen LogP contribution in [0.2, 0.25) is 0 Å². The summed E-state index contributed by atoms with van der Waals surface area (Å²) in [6.07, 6.45) is 5.27. The average molecular weight is 172 g/mol. The predicted molar refractivity (Wildman–Crippen MR) is 46.6 cm³/mol. The number of hydrogen-bond acceptors (Lipinski definition) is 3. The molecule has 3 nitrogen and oxygen atoms in total. The molecular weight excluding hydrogens is 156 g/mol. The van der Waals surface area contributed by atoms with Gasteiger partial charge in [-0.2, -0.15) is 0 Å². The molecular formula is C9H16O3. The fourth-order valence-electron chi connectivity index (χ4n) is 0.668. The lowest BCUT2D eigenvalue weighted by Crippen LogP contribution is -2.01. The predicted octanol–water partition coefficient (Wildman–Crippen LogP) is 1.88.